The summed E-state index contributed by atoms with van der Waals surface area (Å²) in [6.45, 7) is 0. The third kappa shape index (κ3) is 4.26. The number of aromatic nitrogens is 2. The standard InChI is InChI=1S/C17H17N5O3S/c1-18-26(24,25)15-7-3-5-13(9-15)22-17-10-16(19-11-20-17)21-12-4-2-6-14(23)8-12/h2-11,18,23H,1H3,(H2,19,20,21,22). The number of anilines is 4. The van der Waals surface area contributed by atoms with Crippen molar-refractivity contribution < 1.29 is 13.5 Å². The third-order valence-electron chi connectivity index (χ3n) is 3.47. The van der Waals surface area contributed by atoms with Gasteiger partial charge in [0.2, 0.25) is 10.0 Å². The summed E-state index contributed by atoms with van der Waals surface area (Å²) in [5, 5.41) is 15.6. The summed E-state index contributed by atoms with van der Waals surface area (Å²) in [5.74, 6) is 1.15. The Morgan fingerprint density at radius 1 is 0.885 bits per heavy atom. The molecule has 134 valence electrons. The Balaban J connectivity index is 1.80. The van der Waals surface area contributed by atoms with E-state index in [-0.39, 0.29) is 10.6 Å². The first-order valence-corrected chi connectivity index (χ1v) is 9.13. The third-order valence-corrected chi connectivity index (χ3v) is 4.88. The van der Waals surface area contributed by atoms with Gasteiger partial charge in [-0.1, -0.05) is 12.1 Å². The van der Waals surface area contributed by atoms with E-state index in [9.17, 15) is 13.5 Å². The Morgan fingerprint density at radius 3 is 2.12 bits per heavy atom. The fraction of sp³-hybridized carbons (Fsp3) is 0.0588. The Kier molecular flexibility index (Phi) is 5.01. The maximum absolute atomic E-state index is 11.9. The van der Waals surface area contributed by atoms with Crippen molar-refractivity contribution in [3.05, 3.63) is 60.9 Å². The van der Waals surface area contributed by atoms with E-state index in [1.807, 2.05) is 0 Å². The number of nitrogens with zero attached hydrogens (tertiary/aromatic N) is 2. The molecule has 0 amide bonds. The van der Waals surface area contributed by atoms with Gasteiger partial charge in [-0.25, -0.2) is 23.1 Å². The number of aromatic hydroxyl groups is 1. The van der Waals surface area contributed by atoms with E-state index in [1.165, 1.54) is 25.5 Å². The van der Waals surface area contributed by atoms with Gasteiger partial charge in [0.1, 0.15) is 23.7 Å². The molecule has 0 aliphatic heterocycles. The van der Waals surface area contributed by atoms with Crippen molar-refractivity contribution in [3.8, 4) is 5.75 Å². The summed E-state index contributed by atoms with van der Waals surface area (Å²) in [7, 11) is -2.16. The number of phenolic OH excluding ortho intramolecular Hbond substituents is 1. The first kappa shape index (κ1) is 17.6. The molecule has 0 saturated heterocycles. The van der Waals surface area contributed by atoms with Gasteiger partial charge in [0.05, 0.1) is 4.90 Å². The minimum Gasteiger partial charge on any atom is -0.508 e. The maximum Gasteiger partial charge on any atom is 0.240 e. The van der Waals surface area contributed by atoms with Crippen LogP contribution in [0.1, 0.15) is 0 Å². The van der Waals surface area contributed by atoms with Crippen molar-refractivity contribution in [3.63, 3.8) is 0 Å². The van der Waals surface area contributed by atoms with Crippen molar-refractivity contribution in [2.75, 3.05) is 17.7 Å². The van der Waals surface area contributed by atoms with Crippen LogP contribution in [-0.4, -0.2) is 30.5 Å². The lowest BCUT2D eigenvalue weighted by atomic mass is 10.3. The van der Waals surface area contributed by atoms with Gasteiger partial charge in [0, 0.05) is 23.5 Å². The molecule has 0 aliphatic rings. The number of sulfonamides is 1. The van der Waals surface area contributed by atoms with E-state index in [1.54, 1.807) is 42.5 Å². The maximum atomic E-state index is 11.9. The zero-order valence-corrected chi connectivity index (χ0v) is 14.7. The minimum absolute atomic E-state index is 0.143. The highest BCUT2D eigenvalue weighted by molar-refractivity contribution is 7.89. The molecule has 3 aromatic rings. The highest BCUT2D eigenvalue weighted by atomic mass is 32.2. The van der Waals surface area contributed by atoms with E-state index in [2.05, 4.69) is 25.3 Å². The number of benzene rings is 2. The second-order valence-electron chi connectivity index (χ2n) is 5.32. The molecule has 1 heterocycles. The number of hydrogen-bond acceptors (Lipinski definition) is 7. The van der Waals surface area contributed by atoms with Gasteiger partial charge >= 0.3 is 0 Å². The molecule has 0 bridgehead atoms. The molecule has 2 aromatic carbocycles. The Bertz CT molecular complexity index is 1020. The van der Waals surface area contributed by atoms with Gasteiger partial charge in [0.15, 0.2) is 0 Å². The molecule has 0 unspecified atom stereocenters. The van der Waals surface area contributed by atoms with E-state index in [4.69, 9.17) is 0 Å². The molecular weight excluding hydrogens is 354 g/mol. The van der Waals surface area contributed by atoms with Crippen LogP contribution in [0.15, 0.2) is 65.8 Å². The Labute approximate surface area is 151 Å². The quantitative estimate of drug-likeness (QED) is 0.526. The van der Waals surface area contributed by atoms with Crippen LogP contribution in [0.2, 0.25) is 0 Å². The molecule has 4 N–H and O–H groups in total. The van der Waals surface area contributed by atoms with E-state index in [0.717, 1.165) is 0 Å². The van der Waals surface area contributed by atoms with E-state index < -0.39 is 10.0 Å². The van der Waals surface area contributed by atoms with Crippen LogP contribution in [0.5, 0.6) is 5.75 Å². The van der Waals surface area contributed by atoms with Crippen molar-refractivity contribution in [1.29, 1.82) is 0 Å². The van der Waals surface area contributed by atoms with Crippen LogP contribution in [0, 0.1) is 0 Å². The molecule has 8 nitrogen and oxygen atoms in total. The molecule has 0 fully saturated rings. The van der Waals surface area contributed by atoms with E-state index >= 15 is 0 Å². The second kappa shape index (κ2) is 7.38. The average Bonchev–Trinajstić information content (AvgIpc) is 2.62. The molecule has 0 spiro atoms. The topological polar surface area (TPSA) is 116 Å². The summed E-state index contributed by atoms with van der Waals surface area (Å²) in [6, 6.07) is 14.7. The monoisotopic (exact) mass is 371 g/mol. The molecule has 0 atom stereocenters. The van der Waals surface area contributed by atoms with Gasteiger partial charge in [0.25, 0.3) is 0 Å². The minimum atomic E-state index is -3.52. The number of nitrogens with one attached hydrogen (secondary N) is 3. The zero-order chi connectivity index (χ0) is 18.6. The lowest BCUT2D eigenvalue weighted by Crippen LogP contribution is -2.18. The Hall–Kier alpha value is -3.17. The smallest absolute Gasteiger partial charge is 0.240 e. The van der Waals surface area contributed by atoms with Gasteiger partial charge in [-0.2, -0.15) is 0 Å². The molecule has 0 radical (unpaired) electrons. The van der Waals surface area contributed by atoms with Gasteiger partial charge in [-0.3, -0.25) is 0 Å². The first-order chi connectivity index (χ1) is 12.5. The molecule has 1 aromatic heterocycles. The largest absolute Gasteiger partial charge is 0.508 e. The fourth-order valence-electron chi connectivity index (χ4n) is 2.23. The predicted molar refractivity (Wildman–Crippen MR) is 99.4 cm³/mol. The highest BCUT2D eigenvalue weighted by Gasteiger charge is 2.11. The molecular formula is C17H17N5O3S. The molecule has 0 aliphatic carbocycles. The molecule has 0 saturated carbocycles. The van der Waals surface area contributed by atoms with Crippen LogP contribution >= 0.6 is 0 Å². The molecule has 9 heteroatoms. The number of rotatable bonds is 6. The van der Waals surface area contributed by atoms with Crippen LogP contribution in [0.3, 0.4) is 0 Å². The SMILES string of the molecule is CNS(=O)(=O)c1cccc(Nc2cc(Nc3cccc(O)c3)ncn2)c1. The summed E-state index contributed by atoms with van der Waals surface area (Å²) in [5.41, 5.74) is 1.25. The van der Waals surface area contributed by atoms with Gasteiger partial charge < -0.3 is 15.7 Å². The lowest BCUT2D eigenvalue weighted by Gasteiger charge is -2.10. The number of hydrogen-bond donors (Lipinski definition) is 4. The normalized spacial score (nSPS) is 11.1. The summed E-state index contributed by atoms with van der Waals surface area (Å²) in [4.78, 5) is 8.41. The Morgan fingerprint density at radius 2 is 1.50 bits per heavy atom. The van der Waals surface area contributed by atoms with Crippen molar-refractivity contribution in [1.82, 2.24) is 14.7 Å². The second-order valence-corrected chi connectivity index (χ2v) is 7.21. The summed E-state index contributed by atoms with van der Waals surface area (Å²) < 4.78 is 26.1. The van der Waals surface area contributed by atoms with E-state index in [0.29, 0.717) is 23.0 Å². The van der Waals surface area contributed by atoms with Crippen LogP contribution in [0.25, 0.3) is 0 Å². The fourth-order valence-corrected chi connectivity index (χ4v) is 3.01. The van der Waals surface area contributed by atoms with Crippen molar-refractivity contribution in [2.45, 2.75) is 4.90 Å². The highest BCUT2D eigenvalue weighted by Crippen LogP contribution is 2.22. The number of phenols is 1. The van der Waals surface area contributed by atoms with Crippen LogP contribution in [0.4, 0.5) is 23.0 Å². The van der Waals surface area contributed by atoms with Gasteiger partial charge in [-0.15, -0.1) is 0 Å². The van der Waals surface area contributed by atoms with Gasteiger partial charge in [-0.05, 0) is 37.4 Å². The summed E-state index contributed by atoms with van der Waals surface area (Å²) in [6.07, 6.45) is 1.38. The molecule has 3 rings (SSSR count). The van der Waals surface area contributed by atoms with Crippen LogP contribution in [-0.2, 0) is 10.0 Å². The average molecular weight is 371 g/mol. The zero-order valence-electron chi connectivity index (χ0n) is 13.8. The van der Waals surface area contributed by atoms with Crippen LogP contribution < -0.4 is 15.4 Å². The van der Waals surface area contributed by atoms with Crippen molar-refractivity contribution >= 4 is 33.0 Å². The first-order valence-electron chi connectivity index (χ1n) is 7.65. The molecule has 26 heavy (non-hydrogen) atoms. The van der Waals surface area contributed by atoms with Crippen molar-refractivity contribution in [2.24, 2.45) is 0 Å². The lowest BCUT2D eigenvalue weighted by molar-refractivity contribution is 0.475. The summed E-state index contributed by atoms with van der Waals surface area (Å²) >= 11 is 0. The predicted octanol–water partition coefficient (Wildman–Crippen LogP) is 2.58.